The van der Waals surface area contributed by atoms with Crippen LogP contribution in [0.2, 0.25) is 0 Å². The molecule has 3 N–H and O–H groups in total. The lowest BCUT2D eigenvalue weighted by molar-refractivity contribution is -0.123. The normalized spacial score (nSPS) is 14.0. The first-order chi connectivity index (χ1) is 8.54. The van der Waals surface area contributed by atoms with E-state index in [1.807, 2.05) is 38.1 Å². The van der Waals surface area contributed by atoms with Crippen LogP contribution < -0.4 is 11.1 Å². The Hall–Kier alpha value is -1.39. The van der Waals surface area contributed by atoms with Crippen LogP contribution in [0.4, 0.5) is 0 Å². The van der Waals surface area contributed by atoms with Gasteiger partial charge in [-0.05, 0) is 25.8 Å². The summed E-state index contributed by atoms with van der Waals surface area (Å²) in [6.45, 7) is 4.57. The Morgan fingerprint density at radius 3 is 2.56 bits per heavy atom. The molecule has 1 aromatic rings. The summed E-state index contributed by atoms with van der Waals surface area (Å²) in [7, 11) is 1.65. The number of hydrogen-bond donors (Lipinski definition) is 2. The van der Waals surface area contributed by atoms with Crippen molar-refractivity contribution in [1.29, 1.82) is 0 Å². The summed E-state index contributed by atoms with van der Waals surface area (Å²) in [5, 5.41) is 2.88. The SMILES string of the molecule is COCCC(C)NC(=O)C(N)c1ccc(C)cc1. The second kappa shape index (κ2) is 7.13. The molecule has 0 saturated heterocycles. The second-order valence-electron chi connectivity index (χ2n) is 4.58. The molecule has 0 aliphatic carbocycles. The zero-order valence-corrected chi connectivity index (χ0v) is 11.3. The first-order valence-corrected chi connectivity index (χ1v) is 6.16. The third-order valence-electron chi connectivity index (χ3n) is 2.86. The van der Waals surface area contributed by atoms with E-state index in [-0.39, 0.29) is 11.9 Å². The van der Waals surface area contributed by atoms with Crippen LogP contribution in [0.5, 0.6) is 0 Å². The van der Waals surface area contributed by atoms with Crippen molar-refractivity contribution in [3.8, 4) is 0 Å². The van der Waals surface area contributed by atoms with Gasteiger partial charge in [0.1, 0.15) is 6.04 Å². The summed E-state index contributed by atoms with van der Waals surface area (Å²) in [5.41, 5.74) is 7.91. The van der Waals surface area contributed by atoms with Crippen molar-refractivity contribution in [2.75, 3.05) is 13.7 Å². The Morgan fingerprint density at radius 1 is 1.39 bits per heavy atom. The molecule has 0 fully saturated rings. The molecule has 0 heterocycles. The van der Waals surface area contributed by atoms with E-state index in [1.54, 1.807) is 7.11 Å². The smallest absolute Gasteiger partial charge is 0.241 e. The highest BCUT2D eigenvalue weighted by Gasteiger charge is 2.17. The first-order valence-electron chi connectivity index (χ1n) is 6.16. The fourth-order valence-electron chi connectivity index (χ4n) is 1.62. The van der Waals surface area contributed by atoms with E-state index < -0.39 is 6.04 Å². The van der Waals surface area contributed by atoms with Gasteiger partial charge in [0.05, 0.1) is 0 Å². The van der Waals surface area contributed by atoms with Gasteiger partial charge in [0.15, 0.2) is 0 Å². The molecule has 0 spiro atoms. The number of carbonyl (C=O) groups excluding carboxylic acids is 1. The highest BCUT2D eigenvalue weighted by atomic mass is 16.5. The summed E-state index contributed by atoms with van der Waals surface area (Å²) in [6.07, 6.45) is 0.781. The molecular weight excluding hydrogens is 228 g/mol. The molecule has 0 aliphatic heterocycles. The number of carbonyl (C=O) groups is 1. The second-order valence-corrected chi connectivity index (χ2v) is 4.58. The molecule has 0 aromatic heterocycles. The van der Waals surface area contributed by atoms with Gasteiger partial charge in [-0.1, -0.05) is 29.8 Å². The van der Waals surface area contributed by atoms with Gasteiger partial charge in [-0.15, -0.1) is 0 Å². The molecule has 1 aromatic carbocycles. The number of nitrogens with two attached hydrogens (primary N) is 1. The third kappa shape index (κ3) is 4.47. The summed E-state index contributed by atoms with van der Waals surface area (Å²) < 4.78 is 4.97. The van der Waals surface area contributed by atoms with Crippen molar-refractivity contribution in [3.63, 3.8) is 0 Å². The fraction of sp³-hybridized carbons (Fsp3) is 0.500. The molecule has 0 aliphatic rings. The Balaban J connectivity index is 2.53. The molecule has 100 valence electrons. The monoisotopic (exact) mass is 250 g/mol. The van der Waals surface area contributed by atoms with Crippen LogP contribution in [0.3, 0.4) is 0 Å². The quantitative estimate of drug-likeness (QED) is 0.805. The Morgan fingerprint density at radius 2 is 2.00 bits per heavy atom. The Kier molecular flexibility index (Phi) is 5.82. The molecule has 0 bridgehead atoms. The van der Waals surface area contributed by atoms with Gasteiger partial charge >= 0.3 is 0 Å². The van der Waals surface area contributed by atoms with E-state index in [9.17, 15) is 4.79 Å². The minimum atomic E-state index is -0.615. The highest BCUT2D eigenvalue weighted by Crippen LogP contribution is 2.11. The van der Waals surface area contributed by atoms with E-state index in [2.05, 4.69) is 5.32 Å². The average Bonchev–Trinajstić information content (AvgIpc) is 2.36. The van der Waals surface area contributed by atoms with Gasteiger partial charge < -0.3 is 15.8 Å². The van der Waals surface area contributed by atoms with Crippen LogP contribution in [0.15, 0.2) is 24.3 Å². The van der Waals surface area contributed by atoms with E-state index in [1.165, 1.54) is 0 Å². The lowest BCUT2D eigenvalue weighted by Crippen LogP contribution is -2.39. The molecule has 4 heteroatoms. The zero-order valence-electron chi connectivity index (χ0n) is 11.3. The molecule has 4 nitrogen and oxygen atoms in total. The van der Waals surface area contributed by atoms with Gasteiger partial charge in [0.2, 0.25) is 5.91 Å². The molecule has 2 atom stereocenters. The van der Waals surface area contributed by atoms with E-state index in [4.69, 9.17) is 10.5 Å². The maximum atomic E-state index is 11.9. The lowest BCUT2D eigenvalue weighted by Gasteiger charge is -2.17. The van der Waals surface area contributed by atoms with E-state index >= 15 is 0 Å². The summed E-state index contributed by atoms with van der Waals surface area (Å²) in [6, 6.07) is 7.14. The van der Waals surface area contributed by atoms with Crippen LogP contribution >= 0.6 is 0 Å². The highest BCUT2D eigenvalue weighted by molar-refractivity contribution is 5.83. The standard InChI is InChI=1S/C14H22N2O2/c1-10-4-6-12(7-5-10)13(15)14(17)16-11(2)8-9-18-3/h4-7,11,13H,8-9,15H2,1-3H3,(H,16,17). The lowest BCUT2D eigenvalue weighted by atomic mass is 10.0. The van der Waals surface area contributed by atoms with Gasteiger partial charge in [0.25, 0.3) is 0 Å². The molecule has 0 saturated carbocycles. The van der Waals surface area contributed by atoms with Crippen molar-refractivity contribution in [3.05, 3.63) is 35.4 Å². The average molecular weight is 250 g/mol. The van der Waals surface area contributed by atoms with Gasteiger partial charge in [-0.25, -0.2) is 0 Å². The Bertz CT molecular complexity index is 376. The molecular formula is C14H22N2O2. The molecule has 1 rings (SSSR count). The van der Waals surface area contributed by atoms with E-state index in [0.717, 1.165) is 17.5 Å². The van der Waals surface area contributed by atoms with Crippen molar-refractivity contribution in [2.45, 2.75) is 32.4 Å². The van der Waals surface area contributed by atoms with Crippen molar-refractivity contribution < 1.29 is 9.53 Å². The van der Waals surface area contributed by atoms with Gasteiger partial charge in [-0.2, -0.15) is 0 Å². The van der Waals surface area contributed by atoms with Gasteiger partial charge in [0, 0.05) is 19.8 Å². The van der Waals surface area contributed by atoms with E-state index in [0.29, 0.717) is 6.61 Å². The predicted molar refractivity (Wildman–Crippen MR) is 72.2 cm³/mol. The maximum Gasteiger partial charge on any atom is 0.241 e. The number of methoxy groups -OCH3 is 1. The van der Waals surface area contributed by atoms with Crippen LogP contribution in [0, 0.1) is 6.92 Å². The fourth-order valence-corrected chi connectivity index (χ4v) is 1.62. The number of ether oxygens (including phenoxy) is 1. The Labute approximate surface area is 109 Å². The number of nitrogens with one attached hydrogen (secondary N) is 1. The summed E-state index contributed by atoms with van der Waals surface area (Å²) in [4.78, 5) is 11.9. The number of hydrogen-bond acceptors (Lipinski definition) is 3. The largest absolute Gasteiger partial charge is 0.385 e. The molecule has 0 radical (unpaired) electrons. The van der Waals surface area contributed by atoms with Crippen molar-refractivity contribution in [2.24, 2.45) is 5.73 Å². The van der Waals surface area contributed by atoms with Crippen molar-refractivity contribution in [1.82, 2.24) is 5.32 Å². The summed E-state index contributed by atoms with van der Waals surface area (Å²) >= 11 is 0. The third-order valence-corrected chi connectivity index (χ3v) is 2.86. The van der Waals surface area contributed by atoms with Crippen molar-refractivity contribution >= 4 is 5.91 Å². The number of amides is 1. The molecule has 2 unspecified atom stereocenters. The zero-order chi connectivity index (χ0) is 13.5. The summed E-state index contributed by atoms with van der Waals surface area (Å²) in [5.74, 6) is -0.151. The minimum absolute atomic E-state index is 0.0638. The number of rotatable bonds is 6. The molecule has 1 amide bonds. The van der Waals surface area contributed by atoms with Gasteiger partial charge in [-0.3, -0.25) is 4.79 Å². The minimum Gasteiger partial charge on any atom is -0.385 e. The van der Waals surface area contributed by atoms with Crippen LogP contribution in [-0.4, -0.2) is 25.7 Å². The predicted octanol–water partition coefficient (Wildman–Crippen LogP) is 1.54. The van der Waals surface area contributed by atoms with Crippen LogP contribution in [0.1, 0.15) is 30.5 Å². The first kappa shape index (κ1) is 14.7. The number of benzene rings is 1. The van der Waals surface area contributed by atoms with Crippen LogP contribution in [0.25, 0.3) is 0 Å². The number of aryl methyl sites for hydroxylation is 1. The molecule has 18 heavy (non-hydrogen) atoms. The van der Waals surface area contributed by atoms with Crippen LogP contribution in [-0.2, 0) is 9.53 Å². The maximum absolute atomic E-state index is 11.9. The topological polar surface area (TPSA) is 64.3 Å².